The van der Waals surface area contributed by atoms with E-state index >= 15 is 0 Å². The van der Waals surface area contributed by atoms with Crippen molar-refractivity contribution in [1.29, 1.82) is 0 Å². The number of fused-ring (bicyclic) bond motifs is 2. The number of Topliss-reactive ketones (excluding diaryl/α,β-unsaturated/α-hetero) is 1. The Morgan fingerprint density at radius 2 is 1.71 bits per heavy atom. The Balaban J connectivity index is 1.24. The van der Waals surface area contributed by atoms with Crippen molar-refractivity contribution >= 4 is 46.0 Å². The molecule has 3 aromatic carbocycles. The largest absolute Gasteiger partial charge is 0.454 e. The Hall–Kier alpha value is -3.84. The van der Waals surface area contributed by atoms with Crippen LogP contribution in [0.4, 0.5) is 5.69 Å². The number of aromatic amines is 1. The summed E-state index contributed by atoms with van der Waals surface area (Å²) in [6.45, 7) is 2.14. The second kappa shape index (κ2) is 9.80. The SMILES string of the molecule is Cc1[nH]c2ccccc2c1C(=O)COC(=O)c1ccccc1SCC(=O)N1CCc2ccccc21. The molecule has 0 atom stereocenters. The van der Waals surface area contributed by atoms with E-state index in [1.165, 1.54) is 17.3 Å². The minimum absolute atomic E-state index is 0.00638. The van der Waals surface area contributed by atoms with E-state index in [1.54, 1.807) is 23.1 Å². The summed E-state index contributed by atoms with van der Waals surface area (Å²) in [5, 5.41) is 0.809. The van der Waals surface area contributed by atoms with Gasteiger partial charge in [-0.05, 0) is 43.2 Å². The molecular weight excluding hydrogens is 460 g/mol. The van der Waals surface area contributed by atoms with Crippen molar-refractivity contribution in [2.24, 2.45) is 0 Å². The van der Waals surface area contributed by atoms with E-state index in [0.717, 1.165) is 28.7 Å². The highest BCUT2D eigenvalue weighted by atomic mass is 32.2. The molecule has 0 bridgehead atoms. The quantitative estimate of drug-likeness (QED) is 0.222. The van der Waals surface area contributed by atoms with E-state index < -0.39 is 5.97 Å². The van der Waals surface area contributed by atoms with Crippen LogP contribution in [0.2, 0.25) is 0 Å². The van der Waals surface area contributed by atoms with Gasteiger partial charge in [-0.25, -0.2) is 4.79 Å². The summed E-state index contributed by atoms with van der Waals surface area (Å²) >= 11 is 1.30. The zero-order chi connectivity index (χ0) is 24.4. The third kappa shape index (κ3) is 4.59. The maximum atomic E-state index is 12.9. The van der Waals surface area contributed by atoms with Crippen molar-refractivity contribution in [3.05, 3.63) is 95.2 Å². The summed E-state index contributed by atoms with van der Waals surface area (Å²) in [5.74, 6) is -0.654. The summed E-state index contributed by atoms with van der Waals surface area (Å²) < 4.78 is 5.40. The number of para-hydroxylation sites is 2. The minimum atomic E-state index is -0.585. The van der Waals surface area contributed by atoms with Gasteiger partial charge < -0.3 is 14.6 Å². The fraction of sp³-hybridized carbons (Fsp3) is 0.179. The molecular formula is C28H24N2O4S. The number of aryl methyl sites for hydroxylation is 1. The zero-order valence-electron chi connectivity index (χ0n) is 19.2. The Morgan fingerprint density at radius 1 is 0.971 bits per heavy atom. The molecule has 1 aliphatic rings. The van der Waals surface area contributed by atoms with Gasteiger partial charge in [0, 0.05) is 39.3 Å². The monoisotopic (exact) mass is 484 g/mol. The van der Waals surface area contributed by atoms with Crippen molar-refractivity contribution in [2.45, 2.75) is 18.2 Å². The van der Waals surface area contributed by atoms with Crippen LogP contribution < -0.4 is 4.90 Å². The first-order valence-corrected chi connectivity index (χ1v) is 12.4. The number of hydrogen-bond acceptors (Lipinski definition) is 5. The number of benzene rings is 3. The number of amides is 1. The van der Waals surface area contributed by atoms with Crippen molar-refractivity contribution in [1.82, 2.24) is 4.98 Å². The lowest BCUT2D eigenvalue weighted by atomic mass is 10.1. The standard InChI is InChI=1S/C28H24N2O4S/c1-18-27(20-9-3-5-11-22(20)29-18)24(31)16-34-28(33)21-10-4-7-13-25(21)35-17-26(32)30-15-14-19-8-2-6-12-23(19)30/h2-13,29H,14-17H2,1H3. The van der Waals surface area contributed by atoms with Gasteiger partial charge in [0.1, 0.15) is 0 Å². The molecule has 1 aromatic heterocycles. The lowest BCUT2D eigenvalue weighted by molar-refractivity contribution is -0.116. The number of nitrogens with zero attached hydrogens (tertiary/aromatic N) is 1. The Morgan fingerprint density at radius 3 is 2.60 bits per heavy atom. The second-order valence-electron chi connectivity index (χ2n) is 8.38. The fourth-order valence-electron chi connectivity index (χ4n) is 4.49. The normalized spacial score (nSPS) is 12.5. The first-order chi connectivity index (χ1) is 17.0. The van der Waals surface area contributed by atoms with Crippen LogP contribution in [0.1, 0.15) is 32.0 Å². The number of esters is 1. The molecule has 4 aromatic rings. The molecule has 7 heteroatoms. The van der Waals surface area contributed by atoms with Crippen LogP contribution in [0.15, 0.2) is 77.7 Å². The van der Waals surface area contributed by atoms with E-state index in [4.69, 9.17) is 4.74 Å². The van der Waals surface area contributed by atoms with Crippen LogP contribution in [0, 0.1) is 6.92 Å². The number of aromatic nitrogens is 1. The van der Waals surface area contributed by atoms with E-state index in [-0.39, 0.29) is 24.1 Å². The Bertz CT molecular complexity index is 1440. The van der Waals surface area contributed by atoms with E-state index in [1.807, 2.05) is 61.5 Å². The van der Waals surface area contributed by atoms with Gasteiger partial charge in [-0.3, -0.25) is 9.59 Å². The molecule has 176 valence electrons. The van der Waals surface area contributed by atoms with Crippen molar-refractivity contribution in [2.75, 3.05) is 23.8 Å². The number of thioether (sulfide) groups is 1. The molecule has 6 nitrogen and oxygen atoms in total. The van der Waals surface area contributed by atoms with Gasteiger partial charge in [0.15, 0.2) is 6.61 Å². The third-order valence-corrected chi connectivity index (χ3v) is 7.21. The number of rotatable bonds is 7. The van der Waals surface area contributed by atoms with Gasteiger partial charge in [0.05, 0.1) is 11.3 Å². The summed E-state index contributed by atoms with van der Waals surface area (Å²) in [4.78, 5) is 44.3. The molecule has 0 spiro atoms. The molecule has 0 saturated heterocycles. The van der Waals surface area contributed by atoms with Crippen LogP contribution in [-0.2, 0) is 16.0 Å². The highest BCUT2D eigenvalue weighted by molar-refractivity contribution is 8.00. The molecule has 1 N–H and O–H groups in total. The molecule has 0 radical (unpaired) electrons. The predicted octanol–water partition coefficient (Wildman–Crippen LogP) is 5.20. The third-order valence-electron chi connectivity index (χ3n) is 6.15. The van der Waals surface area contributed by atoms with Crippen LogP contribution in [-0.4, -0.2) is 41.5 Å². The number of ether oxygens (including phenoxy) is 1. The predicted molar refractivity (Wildman–Crippen MR) is 137 cm³/mol. The summed E-state index contributed by atoms with van der Waals surface area (Å²) in [6.07, 6.45) is 0.847. The van der Waals surface area contributed by atoms with Gasteiger partial charge in [0.25, 0.3) is 0 Å². The molecule has 0 unspecified atom stereocenters. The summed E-state index contributed by atoms with van der Waals surface area (Å²) in [5.41, 5.74) is 4.61. The number of carbonyl (C=O) groups is 3. The van der Waals surface area contributed by atoms with Crippen molar-refractivity contribution in [3.8, 4) is 0 Å². The summed E-state index contributed by atoms with van der Waals surface area (Å²) in [7, 11) is 0. The van der Waals surface area contributed by atoms with Gasteiger partial charge in [-0.15, -0.1) is 11.8 Å². The Labute approximate surface area is 207 Å². The average Bonchev–Trinajstić information content (AvgIpc) is 3.46. The maximum absolute atomic E-state index is 12.9. The maximum Gasteiger partial charge on any atom is 0.339 e. The molecule has 35 heavy (non-hydrogen) atoms. The van der Waals surface area contributed by atoms with Gasteiger partial charge in [-0.1, -0.05) is 48.5 Å². The van der Waals surface area contributed by atoms with E-state index in [9.17, 15) is 14.4 Å². The minimum Gasteiger partial charge on any atom is -0.454 e. The van der Waals surface area contributed by atoms with Crippen LogP contribution >= 0.6 is 11.8 Å². The van der Waals surface area contributed by atoms with Gasteiger partial charge in [-0.2, -0.15) is 0 Å². The zero-order valence-corrected chi connectivity index (χ0v) is 20.1. The highest BCUT2D eigenvalue weighted by Gasteiger charge is 2.25. The molecule has 1 amide bonds. The number of ketones is 1. The lowest BCUT2D eigenvalue weighted by Gasteiger charge is -2.17. The first kappa shape index (κ1) is 22.9. The molecule has 0 fully saturated rings. The van der Waals surface area contributed by atoms with Crippen molar-refractivity contribution in [3.63, 3.8) is 0 Å². The Kier molecular flexibility index (Phi) is 6.42. The molecule has 0 aliphatic carbocycles. The second-order valence-corrected chi connectivity index (χ2v) is 9.40. The number of nitrogens with one attached hydrogen (secondary N) is 1. The van der Waals surface area contributed by atoms with E-state index in [0.29, 0.717) is 22.6 Å². The number of carbonyl (C=O) groups excluding carboxylic acids is 3. The fourth-order valence-corrected chi connectivity index (χ4v) is 5.41. The number of anilines is 1. The summed E-state index contributed by atoms with van der Waals surface area (Å²) in [6, 6.07) is 22.5. The number of H-pyrrole nitrogens is 1. The van der Waals surface area contributed by atoms with Crippen LogP contribution in [0.3, 0.4) is 0 Å². The first-order valence-electron chi connectivity index (χ1n) is 11.4. The average molecular weight is 485 g/mol. The van der Waals surface area contributed by atoms with Gasteiger partial charge in [0.2, 0.25) is 11.7 Å². The van der Waals surface area contributed by atoms with Crippen molar-refractivity contribution < 1.29 is 19.1 Å². The molecule has 5 rings (SSSR count). The van der Waals surface area contributed by atoms with Crippen LogP contribution in [0.25, 0.3) is 10.9 Å². The number of hydrogen-bond donors (Lipinski definition) is 1. The van der Waals surface area contributed by atoms with Gasteiger partial charge >= 0.3 is 5.97 Å². The topological polar surface area (TPSA) is 79.5 Å². The highest BCUT2D eigenvalue weighted by Crippen LogP contribution is 2.30. The van der Waals surface area contributed by atoms with E-state index in [2.05, 4.69) is 4.98 Å². The lowest BCUT2D eigenvalue weighted by Crippen LogP contribution is -2.30. The molecule has 1 aliphatic heterocycles. The van der Waals surface area contributed by atoms with Crippen LogP contribution in [0.5, 0.6) is 0 Å². The smallest absolute Gasteiger partial charge is 0.339 e. The molecule has 0 saturated carbocycles. The molecule has 2 heterocycles.